The molecule has 1 fully saturated rings. The molecule has 0 bridgehead atoms. The summed E-state index contributed by atoms with van der Waals surface area (Å²) >= 11 is 0. The summed E-state index contributed by atoms with van der Waals surface area (Å²) in [7, 11) is 0. The molecule has 0 radical (unpaired) electrons. The minimum absolute atomic E-state index is 1.03. The standard InChI is InChI=1S/C12H19N/c1-10-8-13(9-11(10)2)7-6-12-4-3-5-12/h8-9,12H,3-7H2,1-2H3. The molecule has 0 atom stereocenters. The SMILES string of the molecule is Cc1cn(CCC2CCC2)cc1C. The van der Waals surface area contributed by atoms with E-state index in [9.17, 15) is 0 Å². The fraction of sp³-hybridized carbons (Fsp3) is 0.667. The number of hydrogen-bond acceptors (Lipinski definition) is 0. The molecule has 0 unspecified atom stereocenters. The highest BCUT2D eigenvalue weighted by atomic mass is 14.9. The Balaban J connectivity index is 1.86. The third-order valence-corrected chi connectivity index (χ3v) is 3.36. The Labute approximate surface area is 80.8 Å². The Morgan fingerprint density at radius 3 is 2.31 bits per heavy atom. The lowest BCUT2D eigenvalue weighted by Crippen LogP contribution is -2.13. The van der Waals surface area contributed by atoms with Crippen LogP contribution in [0.25, 0.3) is 0 Å². The summed E-state index contributed by atoms with van der Waals surface area (Å²) in [5.41, 5.74) is 2.85. The first kappa shape index (κ1) is 8.86. The lowest BCUT2D eigenvalue weighted by Gasteiger charge is -2.25. The van der Waals surface area contributed by atoms with Crippen molar-refractivity contribution in [3.63, 3.8) is 0 Å². The molecular formula is C12H19N. The third kappa shape index (κ3) is 1.96. The smallest absolute Gasteiger partial charge is 0.0222 e. The number of aryl methyl sites for hydroxylation is 3. The van der Waals surface area contributed by atoms with Crippen LogP contribution >= 0.6 is 0 Å². The van der Waals surface area contributed by atoms with Crippen molar-refractivity contribution in [2.24, 2.45) is 5.92 Å². The van der Waals surface area contributed by atoms with Crippen LogP contribution in [-0.4, -0.2) is 4.57 Å². The molecule has 1 heterocycles. The zero-order valence-electron chi connectivity index (χ0n) is 8.71. The maximum Gasteiger partial charge on any atom is 0.0222 e. The predicted molar refractivity (Wildman–Crippen MR) is 55.9 cm³/mol. The van der Waals surface area contributed by atoms with Gasteiger partial charge in [-0.05, 0) is 37.3 Å². The second kappa shape index (κ2) is 3.57. The van der Waals surface area contributed by atoms with Gasteiger partial charge in [0.25, 0.3) is 0 Å². The molecule has 0 N–H and O–H groups in total. The van der Waals surface area contributed by atoms with Crippen molar-refractivity contribution in [3.8, 4) is 0 Å². The van der Waals surface area contributed by atoms with Gasteiger partial charge in [0, 0.05) is 18.9 Å². The van der Waals surface area contributed by atoms with Gasteiger partial charge in [0.1, 0.15) is 0 Å². The maximum absolute atomic E-state index is 2.35. The quantitative estimate of drug-likeness (QED) is 0.667. The summed E-state index contributed by atoms with van der Waals surface area (Å²) in [4.78, 5) is 0. The van der Waals surface area contributed by atoms with E-state index in [-0.39, 0.29) is 0 Å². The number of rotatable bonds is 3. The van der Waals surface area contributed by atoms with Crippen molar-refractivity contribution in [1.82, 2.24) is 4.57 Å². The normalized spacial score (nSPS) is 17.4. The van der Waals surface area contributed by atoms with Crippen LogP contribution in [0, 0.1) is 19.8 Å². The van der Waals surface area contributed by atoms with Gasteiger partial charge in [0.2, 0.25) is 0 Å². The largest absolute Gasteiger partial charge is 0.354 e. The first-order chi connectivity index (χ1) is 6.25. The number of aromatic nitrogens is 1. The summed E-state index contributed by atoms with van der Waals surface area (Å²) < 4.78 is 2.35. The molecule has 0 aliphatic heterocycles. The first-order valence-corrected chi connectivity index (χ1v) is 5.38. The van der Waals surface area contributed by atoms with E-state index >= 15 is 0 Å². The predicted octanol–water partition coefficient (Wildman–Crippen LogP) is 3.30. The minimum atomic E-state index is 1.03. The Morgan fingerprint density at radius 1 is 1.23 bits per heavy atom. The van der Waals surface area contributed by atoms with Crippen LogP contribution < -0.4 is 0 Å². The maximum atomic E-state index is 2.35. The van der Waals surface area contributed by atoms with Crippen molar-refractivity contribution in [3.05, 3.63) is 23.5 Å². The molecule has 0 aromatic carbocycles. The van der Waals surface area contributed by atoms with Gasteiger partial charge in [-0.15, -0.1) is 0 Å². The highest BCUT2D eigenvalue weighted by molar-refractivity contribution is 5.20. The molecule has 1 aliphatic carbocycles. The van der Waals surface area contributed by atoms with Gasteiger partial charge in [-0.3, -0.25) is 0 Å². The average molecular weight is 177 g/mol. The van der Waals surface area contributed by atoms with Crippen molar-refractivity contribution < 1.29 is 0 Å². The van der Waals surface area contributed by atoms with E-state index in [1.165, 1.54) is 43.4 Å². The van der Waals surface area contributed by atoms with E-state index in [4.69, 9.17) is 0 Å². The molecule has 1 aromatic heterocycles. The Morgan fingerprint density at radius 2 is 1.85 bits per heavy atom. The van der Waals surface area contributed by atoms with Gasteiger partial charge in [-0.1, -0.05) is 19.3 Å². The van der Waals surface area contributed by atoms with E-state index in [1.54, 1.807) is 0 Å². The van der Waals surface area contributed by atoms with Crippen molar-refractivity contribution in [2.75, 3.05) is 0 Å². The van der Waals surface area contributed by atoms with Gasteiger partial charge in [0.05, 0.1) is 0 Å². The fourth-order valence-corrected chi connectivity index (χ4v) is 1.98. The van der Waals surface area contributed by atoms with Gasteiger partial charge in [0.15, 0.2) is 0 Å². The van der Waals surface area contributed by atoms with Crippen molar-refractivity contribution in [1.29, 1.82) is 0 Å². The first-order valence-electron chi connectivity index (χ1n) is 5.38. The van der Waals surface area contributed by atoms with Crippen LogP contribution in [0.4, 0.5) is 0 Å². The highest BCUT2D eigenvalue weighted by Gasteiger charge is 2.16. The summed E-state index contributed by atoms with van der Waals surface area (Å²) in [5, 5.41) is 0. The molecule has 1 nitrogen and oxygen atoms in total. The molecule has 1 saturated carbocycles. The van der Waals surface area contributed by atoms with E-state index in [0.717, 1.165) is 5.92 Å². The van der Waals surface area contributed by atoms with Crippen LogP contribution in [-0.2, 0) is 6.54 Å². The summed E-state index contributed by atoms with van der Waals surface area (Å²) in [6.07, 6.45) is 10.3. The Bertz CT molecular complexity index is 262. The number of hydrogen-bond donors (Lipinski definition) is 0. The zero-order chi connectivity index (χ0) is 9.26. The summed E-state index contributed by atoms with van der Waals surface area (Å²) in [6, 6.07) is 0. The molecule has 1 aliphatic rings. The van der Waals surface area contributed by atoms with E-state index < -0.39 is 0 Å². The minimum Gasteiger partial charge on any atom is -0.354 e. The van der Waals surface area contributed by atoms with Gasteiger partial charge < -0.3 is 4.57 Å². The Kier molecular flexibility index (Phi) is 2.43. The summed E-state index contributed by atoms with van der Waals surface area (Å²) in [5.74, 6) is 1.03. The average Bonchev–Trinajstić information content (AvgIpc) is 2.28. The van der Waals surface area contributed by atoms with E-state index in [2.05, 4.69) is 30.8 Å². The molecule has 0 spiro atoms. The molecule has 1 heteroatoms. The van der Waals surface area contributed by atoms with Crippen LogP contribution in [0.3, 0.4) is 0 Å². The fourth-order valence-electron chi connectivity index (χ4n) is 1.98. The molecule has 0 amide bonds. The second-order valence-electron chi connectivity index (χ2n) is 4.45. The molecule has 2 rings (SSSR count). The molecular weight excluding hydrogens is 158 g/mol. The third-order valence-electron chi connectivity index (χ3n) is 3.36. The second-order valence-corrected chi connectivity index (χ2v) is 4.45. The molecule has 1 aromatic rings. The van der Waals surface area contributed by atoms with Crippen molar-refractivity contribution in [2.45, 2.75) is 46.1 Å². The zero-order valence-corrected chi connectivity index (χ0v) is 8.71. The highest BCUT2D eigenvalue weighted by Crippen LogP contribution is 2.29. The summed E-state index contributed by atoms with van der Waals surface area (Å²) in [6.45, 7) is 5.60. The van der Waals surface area contributed by atoms with Crippen LogP contribution in [0.5, 0.6) is 0 Å². The lowest BCUT2D eigenvalue weighted by atomic mass is 9.83. The van der Waals surface area contributed by atoms with Gasteiger partial charge in [-0.2, -0.15) is 0 Å². The van der Waals surface area contributed by atoms with Gasteiger partial charge >= 0.3 is 0 Å². The van der Waals surface area contributed by atoms with Crippen LogP contribution in [0.15, 0.2) is 12.4 Å². The van der Waals surface area contributed by atoms with Gasteiger partial charge in [-0.25, -0.2) is 0 Å². The van der Waals surface area contributed by atoms with Crippen LogP contribution in [0.2, 0.25) is 0 Å². The molecule has 13 heavy (non-hydrogen) atoms. The Hall–Kier alpha value is -0.720. The van der Waals surface area contributed by atoms with E-state index in [0.29, 0.717) is 0 Å². The monoisotopic (exact) mass is 177 g/mol. The topological polar surface area (TPSA) is 4.93 Å². The van der Waals surface area contributed by atoms with E-state index in [1.807, 2.05) is 0 Å². The number of nitrogens with zero attached hydrogens (tertiary/aromatic N) is 1. The van der Waals surface area contributed by atoms with Crippen LogP contribution in [0.1, 0.15) is 36.8 Å². The lowest BCUT2D eigenvalue weighted by molar-refractivity contribution is 0.282. The molecule has 0 saturated heterocycles. The molecule has 72 valence electrons. The van der Waals surface area contributed by atoms with Crippen molar-refractivity contribution >= 4 is 0 Å².